The first-order valence-electron chi connectivity index (χ1n) is 8.93. The van der Waals surface area contributed by atoms with Gasteiger partial charge < -0.3 is 10.2 Å². The predicted octanol–water partition coefficient (Wildman–Crippen LogP) is 3.92. The lowest BCUT2D eigenvalue weighted by Gasteiger charge is -2.29. The van der Waals surface area contributed by atoms with Crippen molar-refractivity contribution in [1.82, 2.24) is 10.2 Å². The van der Waals surface area contributed by atoms with E-state index in [2.05, 4.69) is 5.32 Å². The van der Waals surface area contributed by atoms with Gasteiger partial charge in [-0.05, 0) is 50.6 Å². The minimum absolute atomic E-state index is 0.0105. The van der Waals surface area contributed by atoms with Gasteiger partial charge in [0.2, 0.25) is 5.91 Å². The fourth-order valence-corrected chi connectivity index (χ4v) is 4.50. The zero-order chi connectivity index (χ0) is 19.6. The number of thioether (sulfide) groups is 1. The van der Waals surface area contributed by atoms with Gasteiger partial charge in [0.05, 0.1) is 0 Å². The third-order valence-electron chi connectivity index (χ3n) is 4.42. The Bertz CT molecular complexity index is 821. The van der Waals surface area contributed by atoms with Gasteiger partial charge in [0, 0.05) is 17.4 Å². The van der Waals surface area contributed by atoms with Gasteiger partial charge in [-0.2, -0.15) is 0 Å². The molecule has 2 aromatic rings. The van der Waals surface area contributed by atoms with E-state index in [-0.39, 0.29) is 29.0 Å². The van der Waals surface area contributed by atoms with E-state index in [0.717, 1.165) is 11.1 Å². The van der Waals surface area contributed by atoms with Crippen LogP contribution in [0.3, 0.4) is 0 Å². The summed E-state index contributed by atoms with van der Waals surface area (Å²) in [5, 5.41) is 2.57. The molecule has 0 bridgehead atoms. The first kappa shape index (κ1) is 19.4. The van der Waals surface area contributed by atoms with Crippen molar-refractivity contribution >= 4 is 23.6 Å². The molecule has 0 aromatic heterocycles. The van der Waals surface area contributed by atoms with E-state index in [1.807, 2.05) is 32.9 Å². The number of hydrogen-bond acceptors (Lipinski definition) is 3. The van der Waals surface area contributed by atoms with E-state index in [9.17, 15) is 14.0 Å². The van der Waals surface area contributed by atoms with Gasteiger partial charge in [-0.3, -0.25) is 9.59 Å². The molecule has 3 rings (SSSR count). The lowest BCUT2D eigenvalue weighted by atomic mass is 10.1. The van der Waals surface area contributed by atoms with E-state index in [1.165, 1.54) is 23.9 Å². The Morgan fingerprint density at radius 3 is 2.33 bits per heavy atom. The van der Waals surface area contributed by atoms with Gasteiger partial charge in [-0.25, -0.2) is 4.39 Å². The molecule has 1 aliphatic rings. The maximum absolute atomic E-state index is 13.3. The number of hydrogen-bond donors (Lipinski definition) is 1. The molecule has 2 aromatic carbocycles. The summed E-state index contributed by atoms with van der Waals surface area (Å²) >= 11 is 1.52. The summed E-state index contributed by atoms with van der Waals surface area (Å²) in [6.45, 7) is 5.74. The van der Waals surface area contributed by atoms with E-state index in [1.54, 1.807) is 29.2 Å². The molecule has 1 fully saturated rings. The third kappa shape index (κ3) is 4.33. The summed E-state index contributed by atoms with van der Waals surface area (Å²) in [7, 11) is 0. The molecule has 1 heterocycles. The van der Waals surface area contributed by atoms with Crippen LogP contribution in [-0.4, -0.2) is 34.6 Å². The van der Waals surface area contributed by atoms with Crippen LogP contribution in [0.4, 0.5) is 4.39 Å². The number of carbonyl (C=O) groups is 2. The molecule has 2 unspecified atom stereocenters. The van der Waals surface area contributed by atoms with Crippen LogP contribution in [0.1, 0.15) is 40.7 Å². The van der Waals surface area contributed by atoms with Crippen LogP contribution in [0.25, 0.3) is 0 Å². The largest absolute Gasteiger partial charge is 0.352 e. The topological polar surface area (TPSA) is 49.4 Å². The minimum atomic E-state index is -0.568. The minimum Gasteiger partial charge on any atom is -0.352 e. The molecule has 0 spiro atoms. The average molecular weight is 386 g/mol. The van der Waals surface area contributed by atoms with E-state index < -0.39 is 6.04 Å². The van der Waals surface area contributed by atoms with Gasteiger partial charge >= 0.3 is 0 Å². The summed E-state index contributed by atoms with van der Waals surface area (Å²) in [6, 6.07) is 12.8. The second-order valence-electron chi connectivity index (χ2n) is 6.99. The molecule has 0 aliphatic carbocycles. The van der Waals surface area contributed by atoms with Crippen LogP contribution in [0.15, 0.2) is 48.5 Å². The molecule has 27 heavy (non-hydrogen) atoms. The number of amides is 2. The van der Waals surface area contributed by atoms with Crippen molar-refractivity contribution < 1.29 is 14.0 Å². The van der Waals surface area contributed by atoms with Crippen LogP contribution in [0.5, 0.6) is 0 Å². The van der Waals surface area contributed by atoms with Crippen LogP contribution in [0.2, 0.25) is 0 Å². The van der Waals surface area contributed by atoms with Crippen molar-refractivity contribution in [2.24, 2.45) is 0 Å². The summed E-state index contributed by atoms with van der Waals surface area (Å²) in [5.74, 6) is -0.189. The SMILES string of the molecule is Cc1ccc(C(=O)N2C(C(=O)NC(C)C)CSC2c2ccc(F)cc2)cc1. The molecule has 1 aliphatic heterocycles. The highest BCUT2D eigenvalue weighted by atomic mass is 32.2. The molecule has 1 N–H and O–H groups in total. The van der Waals surface area contributed by atoms with Gasteiger partial charge in [-0.15, -0.1) is 11.8 Å². The van der Waals surface area contributed by atoms with Gasteiger partial charge in [0.15, 0.2) is 0 Å². The average Bonchev–Trinajstić information content (AvgIpc) is 3.07. The standard InChI is InChI=1S/C21H23FN2O2S/c1-13(2)23-19(25)18-12-27-21(16-8-10-17(22)11-9-16)24(18)20(26)15-6-4-14(3)5-7-15/h4-11,13,18,21H,12H2,1-3H3,(H,23,25). The Balaban J connectivity index is 1.95. The highest BCUT2D eigenvalue weighted by Gasteiger charge is 2.42. The van der Waals surface area contributed by atoms with Crippen molar-refractivity contribution in [3.05, 3.63) is 71.0 Å². The summed E-state index contributed by atoms with van der Waals surface area (Å²) in [4.78, 5) is 27.6. The molecular formula is C21H23FN2O2S. The Hall–Kier alpha value is -2.34. The van der Waals surface area contributed by atoms with Crippen molar-refractivity contribution in [1.29, 1.82) is 0 Å². The smallest absolute Gasteiger partial charge is 0.255 e. The van der Waals surface area contributed by atoms with Crippen molar-refractivity contribution in [2.75, 3.05) is 5.75 Å². The zero-order valence-corrected chi connectivity index (χ0v) is 16.4. The van der Waals surface area contributed by atoms with Crippen molar-refractivity contribution in [3.8, 4) is 0 Å². The first-order valence-corrected chi connectivity index (χ1v) is 9.98. The van der Waals surface area contributed by atoms with Crippen LogP contribution in [0, 0.1) is 12.7 Å². The number of nitrogens with one attached hydrogen (secondary N) is 1. The molecule has 0 radical (unpaired) electrons. The Labute approximate surface area is 163 Å². The molecule has 142 valence electrons. The van der Waals surface area contributed by atoms with E-state index in [0.29, 0.717) is 11.3 Å². The van der Waals surface area contributed by atoms with Crippen molar-refractivity contribution in [3.63, 3.8) is 0 Å². The third-order valence-corrected chi connectivity index (χ3v) is 5.75. The van der Waals surface area contributed by atoms with Gasteiger partial charge in [0.1, 0.15) is 17.2 Å². The summed E-state index contributed by atoms with van der Waals surface area (Å²) < 4.78 is 13.3. The normalized spacial score (nSPS) is 19.4. The lowest BCUT2D eigenvalue weighted by Crippen LogP contribution is -2.49. The van der Waals surface area contributed by atoms with E-state index >= 15 is 0 Å². The Kier molecular flexibility index (Phi) is 5.85. The summed E-state index contributed by atoms with van der Waals surface area (Å²) in [6.07, 6.45) is 0. The maximum Gasteiger partial charge on any atom is 0.255 e. The molecule has 2 amide bonds. The number of halogens is 1. The fraction of sp³-hybridized carbons (Fsp3) is 0.333. The van der Waals surface area contributed by atoms with Crippen LogP contribution >= 0.6 is 11.8 Å². The second-order valence-corrected chi connectivity index (χ2v) is 8.11. The molecular weight excluding hydrogens is 363 g/mol. The van der Waals surface area contributed by atoms with E-state index in [4.69, 9.17) is 0 Å². The molecule has 6 heteroatoms. The lowest BCUT2D eigenvalue weighted by molar-refractivity contribution is -0.125. The van der Waals surface area contributed by atoms with Gasteiger partial charge in [-0.1, -0.05) is 29.8 Å². The maximum atomic E-state index is 13.3. The number of rotatable bonds is 4. The Morgan fingerprint density at radius 1 is 1.11 bits per heavy atom. The number of nitrogens with zero attached hydrogens (tertiary/aromatic N) is 1. The molecule has 1 saturated heterocycles. The summed E-state index contributed by atoms with van der Waals surface area (Å²) in [5.41, 5.74) is 2.41. The Morgan fingerprint density at radius 2 is 1.74 bits per heavy atom. The second kappa shape index (κ2) is 8.13. The highest BCUT2D eigenvalue weighted by molar-refractivity contribution is 7.99. The van der Waals surface area contributed by atoms with Crippen LogP contribution in [-0.2, 0) is 4.79 Å². The van der Waals surface area contributed by atoms with Crippen LogP contribution < -0.4 is 5.32 Å². The predicted molar refractivity (Wildman–Crippen MR) is 106 cm³/mol. The zero-order valence-electron chi connectivity index (χ0n) is 15.6. The number of benzene rings is 2. The van der Waals surface area contributed by atoms with Crippen molar-refractivity contribution in [2.45, 2.75) is 38.2 Å². The quantitative estimate of drug-likeness (QED) is 0.867. The monoisotopic (exact) mass is 386 g/mol. The first-order chi connectivity index (χ1) is 12.9. The molecule has 4 nitrogen and oxygen atoms in total. The molecule has 2 atom stereocenters. The highest BCUT2D eigenvalue weighted by Crippen LogP contribution is 2.42. The van der Waals surface area contributed by atoms with Gasteiger partial charge in [0.25, 0.3) is 5.91 Å². The molecule has 0 saturated carbocycles. The number of carbonyl (C=O) groups excluding carboxylic acids is 2. The number of aryl methyl sites for hydroxylation is 1. The fourth-order valence-electron chi connectivity index (χ4n) is 3.07.